The lowest BCUT2D eigenvalue weighted by Gasteiger charge is -2.26. The van der Waals surface area contributed by atoms with Crippen molar-refractivity contribution >= 4 is 16.1 Å². The largest absolute Gasteiger partial charge is 0.484 e. The molecule has 4 atom stereocenters. The summed E-state index contributed by atoms with van der Waals surface area (Å²) in [5.74, 6) is 6.04. The summed E-state index contributed by atoms with van der Waals surface area (Å²) in [6.07, 6.45) is -1.20. The monoisotopic (exact) mass is 448 g/mol. The van der Waals surface area contributed by atoms with E-state index in [1.54, 1.807) is 0 Å². The Labute approximate surface area is 183 Å². The van der Waals surface area contributed by atoms with Crippen LogP contribution in [0.1, 0.15) is 27.7 Å². The molecule has 3 fully saturated rings. The Kier molecular flexibility index (Phi) is 6.14. The molecule has 3 aliphatic rings. The van der Waals surface area contributed by atoms with E-state index in [2.05, 4.69) is 62.2 Å². The Bertz CT molecular complexity index is 805. The summed E-state index contributed by atoms with van der Waals surface area (Å²) in [7, 11) is -3.19. The van der Waals surface area contributed by atoms with Crippen molar-refractivity contribution < 1.29 is 23.7 Å². The van der Waals surface area contributed by atoms with E-state index in [0.29, 0.717) is 12.4 Å². The highest BCUT2D eigenvalue weighted by atomic mass is 28.3. The highest BCUT2D eigenvalue weighted by Crippen LogP contribution is 2.44. The van der Waals surface area contributed by atoms with E-state index in [1.165, 1.54) is 0 Å². The Balaban J connectivity index is 2.05. The van der Waals surface area contributed by atoms with Crippen LogP contribution in [0.15, 0.2) is 11.3 Å². The second kappa shape index (κ2) is 7.81. The fourth-order valence-corrected chi connectivity index (χ4v) is 4.53. The summed E-state index contributed by atoms with van der Waals surface area (Å²) >= 11 is 0. The molecule has 0 aromatic carbocycles. The minimum Gasteiger partial charge on any atom is -0.484 e. The van der Waals surface area contributed by atoms with Crippen molar-refractivity contribution in [2.24, 2.45) is 0 Å². The van der Waals surface area contributed by atoms with Crippen LogP contribution in [0.4, 0.5) is 0 Å². The molecule has 0 amide bonds. The third kappa shape index (κ3) is 5.79. The smallest absolute Gasteiger partial charge is 0.164 e. The Morgan fingerprint density at radius 1 is 0.800 bits per heavy atom. The molecule has 0 radical (unpaired) electrons. The van der Waals surface area contributed by atoms with Gasteiger partial charge in [-0.1, -0.05) is 51.1 Å². The number of allylic oxidation sites excluding steroid dienone is 1. The van der Waals surface area contributed by atoms with E-state index in [-0.39, 0.29) is 24.4 Å². The lowest BCUT2D eigenvalue weighted by Crippen LogP contribution is -2.40. The van der Waals surface area contributed by atoms with Crippen LogP contribution in [0, 0.1) is 22.9 Å². The van der Waals surface area contributed by atoms with Gasteiger partial charge in [0.25, 0.3) is 0 Å². The minimum atomic E-state index is -1.59. The van der Waals surface area contributed by atoms with Gasteiger partial charge in [-0.2, -0.15) is 0 Å². The van der Waals surface area contributed by atoms with E-state index in [4.69, 9.17) is 23.7 Å². The summed E-state index contributed by atoms with van der Waals surface area (Å²) in [5, 5.41) is 0. The van der Waals surface area contributed by atoms with Gasteiger partial charge < -0.3 is 23.7 Å². The van der Waals surface area contributed by atoms with Crippen LogP contribution < -0.4 is 0 Å². The standard InChI is InChI=1S/C23H36O5Si2/c1-22(2)24-15-17(26-22)19-21-20(27-23(3,4)28-21)18(25-19)16(11-13-29(5,6)7)12-14-30(8,9)10/h17,19-21H,15H2,1-10H3/t17-,19-,20-,21+/m1/s1. The molecule has 0 saturated carbocycles. The zero-order valence-corrected chi connectivity index (χ0v) is 22.1. The van der Waals surface area contributed by atoms with Crippen molar-refractivity contribution in [3.63, 3.8) is 0 Å². The first-order valence-electron chi connectivity index (χ1n) is 10.7. The number of hydrogen-bond acceptors (Lipinski definition) is 5. The molecule has 7 heteroatoms. The average Bonchev–Trinajstić information content (AvgIpc) is 3.16. The van der Waals surface area contributed by atoms with Crippen molar-refractivity contribution in [1.29, 1.82) is 0 Å². The minimum absolute atomic E-state index is 0.237. The SMILES string of the molecule is CC1(C)O[C@H]2[C@@H]([C@H]3COC(C)(C)O3)OC(=C(C#C[Si](C)(C)C)C#C[Si](C)(C)C)[C@H]2O1. The summed E-state index contributed by atoms with van der Waals surface area (Å²) in [6, 6.07) is 0. The second-order valence-electron chi connectivity index (χ2n) is 11.2. The first-order chi connectivity index (χ1) is 13.6. The maximum Gasteiger partial charge on any atom is 0.164 e. The first kappa shape index (κ1) is 23.6. The summed E-state index contributed by atoms with van der Waals surface area (Å²) in [5.41, 5.74) is 7.61. The highest BCUT2D eigenvalue weighted by molar-refractivity contribution is 6.84. The van der Waals surface area contributed by atoms with Gasteiger partial charge in [-0.25, -0.2) is 0 Å². The second-order valence-corrected chi connectivity index (χ2v) is 20.7. The quantitative estimate of drug-likeness (QED) is 0.447. The van der Waals surface area contributed by atoms with Gasteiger partial charge in [0, 0.05) is 0 Å². The number of fused-ring (bicyclic) bond motifs is 1. The lowest BCUT2D eigenvalue weighted by molar-refractivity contribution is -0.187. The molecular formula is C23H36O5Si2. The van der Waals surface area contributed by atoms with Crippen molar-refractivity contribution in [3.8, 4) is 22.9 Å². The van der Waals surface area contributed by atoms with Crippen molar-refractivity contribution in [2.75, 3.05) is 6.61 Å². The van der Waals surface area contributed by atoms with E-state index in [1.807, 2.05) is 27.7 Å². The van der Waals surface area contributed by atoms with Crippen LogP contribution in [0.2, 0.25) is 39.3 Å². The molecule has 30 heavy (non-hydrogen) atoms. The van der Waals surface area contributed by atoms with Crippen molar-refractivity contribution in [1.82, 2.24) is 0 Å². The average molecular weight is 449 g/mol. The number of rotatable bonds is 1. The van der Waals surface area contributed by atoms with Gasteiger partial charge in [0.05, 0.1) is 6.61 Å². The molecule has 0 aromatic rings. The molecule has 5 nitrogen and oxygen atoms in total. The first-order valence-corrected chi connectivity index (χ1v) is 17.7. The summed E-state index contributed by atoms with van der Waals surface area (Å²) in [6.45, 7) is 21.5. The maximum absolute atomic E-state index is 6.44. The zero-order valence-electron chi connectivity index (χ0n) is 20.1. The molecule has 0 N–H and O–H groups in total. The fourth-order valence-electron chi connectivity index (χ4n) is 3.53. The van der Waals surface area contributed by atoms with Crippen LogP contribution in [0.3, 0.4) is 0 Å². The highest BCUT2D eigenvalue weighted by Gasteiger charge is 2.58. The van der Waals surface area contributed by atoms with E-state index in [0.717, 1.165) is 5.57 Å². The molecule has 3 saturated heterocycles. The van der Waals surface area contributed by atoms with Crippen LogP contribution >= 0.6 is 0 Å². The Morgan fingerprint density at radius 2 is 1.37 bits per heavy atom. The third-order valence-corrected chi connectivity index (χ3v) is 6.49. The summed E-state index contributed by atoms with van der Waals surface area (Å²) < 4.78 is 30.8. The molecule has 0 aliphatic carbocycles. The molecular weight excluding hydrogens is 412 g/mol. The maximum atomic E-state index is 6.44. The van der Waals surface area contributed by atoms with Gasteiger partial charge >= 0.3 is 0 Å². The predicted octanol–water partition coefficient (Wildman–Crippen LogP) is 4.07. The normalized spacial score (nSPS) is 31.9. The zero-order chi connectivity index (χ0) is 22.5. The third-order valence-electron chi connectivity index (χ3n) is 4.74. The van der Waals surface area contributed by atoms with Gasteiger partial charge in [0.2, 0.25) is 0 Å². The van der Waals surface area contributed by atoms with Gasteiger partial charge in [-0.3, -0.25) is 0 Å². The molecule has 3 rings (SSSR count). The molecule has 166 valence electrons. The van der Waals surface area contributed by atoms with Gasteiger partial charge in [-0.05, 0) is 27.7 Å². The molecule has 3 heterocycles. The number of ether oxygens (including phenoxy) is 5. The molecule has 0 bridgehead atoms. The van der Waals surface area contributed by atoms with Crippen molar-refractivity contribution in [3.05, 3.63) is 11.3 Å². The Morgan fingerprint density at radius 3 is 1.83 bits per heavy atom. The molecule has 0 spiro atoms. The molecule has 3 aliphatic heterocycles. The topological polar surface area (TPSA) is 46.2 Å². The van der Waals surface area contributed by atoms with Crippen molar-refractivity contribution in [2.45, 2.75) is 103 Å². The fraction of sp³-hybridized carbons (Fsp3) is 0.739. The van der Waals surface area contributed by atoms with Crippen LogP contribution in [0.5, 0.6) is 0 Å². The molecule has 0 unspecified atom stereocenters. The predicted molar refractivity (Wildman–Crippen MR) is 123 cm³/mol. The van der Waals surface area contributed by atoms with Crippen LogP contribution in [0.25, 0.3) is 0 Å². The summed E-state index contributed by atoms with van der Waals surface area (Å²) in [4.78, 5) is 0. The van der Waals surface area contributed by atoms with Crippen LogP contribution in [-0.2, 0) is 23.7 Å². The van der Waals surface area contributed by atoms with Gasteiger partial charge in [0.1, 0.15) is 40.0 Å². The van der Waals surface area contributed by atoms with E-state index in [9.17, 15) is 0 Å². The number of hydrogen-bond donors (Lipinski definition) is 0. The van der Waals surface area contributed by atoms with Crippen LogP contribution in [-0.4, -0.2) is 58.7 Å². The lowest BCUT2D eigenvalue weighted by atomic mass is 10.0. The van der Waals surface area contributed by atoms with E-state index < -0.39 is 27.7 Å². The van der Waals surface area contributed by atoms with E-state index >= 15 is 0 Å². The van der Waals surface area contributed by atoms with Gasteiger partial charge in [-0.15, -0.1) is 11.1 Å². The Hall–Kier alpha value is -1.07. The molecule has 0 aromatic heterocycles. The van der Waals surface area contributed by atoms with Gasteiger partial charge in [0.15, 0.2) is 23.4 Å².